The van der Waals surface area contributed by atoms with E-state index in [0.717, 1.165) is 45.0 Å². The summed E-state index contributed by atoms with van der Waals surface area (Å²) in [6, 6.07) is 15.5. The standard InChI is InChI=1S/C19H13ClN2O/c1-12-6-7-13(20)10-16(12)18-19-15(8-9-21-18)14-4-2-3-5-17(14)22(19)11-23/h2-11H,1H3. The summed E-state index contributed by atoms with van der Waals surface area (Å²) in [7, 11) is 0. The van der Waals surface area contributed by atoms with Crippen molar-refractivity contribution in [3.8, 4) is 11.3 Å². The summed E-state index contributed by atoms with van der Waals surface area (Å²) in [6.07, 6.45) is 2.62. The number of rotatable bonds is 2. The van der Waals surface area contributed by atoms with E-state index in [-0.39, 0.29) is 0 Å². The first-order chi connectivity index (χ1) is 11.2. The lowest BCUT2D eigenvalue weighted by Crippen LogP contribution is -1.97. The van der Waals surface area contributed by atoms with Crippen LogP contribution in [0.2, 0.25) is 5.02 Å². The average Bonchev–Trinajstić information content (AvgIpc) is 2.91. The number of carbonyl (C=O) groups excluding carboxylic acids is 1. The van der Waals surface area contributed by atoms with Crippen LogP contribution in [0.25, 0.3) is 33.1 Å². The molecule has 0 spiro atoms. The van der Waals surface area contributed by atoms with Gasteiger partial charge >= 0.3 is 0 Å². The van der Waals surface area contributed by atoms with Crippen LogP contribution in [-0.4, -0.2) is 16.0 Å². The summed E-state index contributed by atoms with van der Waals surface area (Å²) in [5.74, 6) is 0. The van der Waals surface area contributed by atoms with Crippen molar-refractivity contribution in [1.29, 1.82) is 0 Å². The van der Waals surface area contributed by atoms with E-state index in [1.54, 1.807) is 10.8 Å². The molecule has 0 fully saturated rings. The van der Waals surface area contributed by atoms with E-state index >= 15 is 0 Å². The molecule has 0 atom stereocenters. The molecule has 0 bridgehead atoms. The van der Waals surface area contributed by atoms with Gasteiger partial charge in [0.1, 0.15) is 0 Å². The second-order valence-electron chi connectivity index (χ2n) is 5.51. The predicted octanol–water partition coefficient (Wildman–Crippen LogP) is 4.86. The Labute approximate surface area is 138 Å². The molecule has 2 aromatic heterocycles. The van der Waals surface area contributed by atoms with Crippen LogP contribution >= 0.6 is 11.6 Å². The Kier molecular flexibility index (Phi) is 3.17. The van der Waals surface area contributed by atoms with Crippen molar-refractivity contribution in [2.75, 3.05) is 0 Å². The van der Waals surface area contributed by atoms with Gasteiger partial charge in [0.05, 0.1) is 16.7 Å². The van der Waals surface area contributed by atoms with Crippen LogP contribution < -0.4 is 0 Å². The van der Waals surface area contributed by atoms with Gasteiger partial charge in [-0.25, -0.2) is 0 Å². The summed E-state index contributed by atoms with van der Waals surface area (Å²) in [4.78, 5) is 16.3. The number of halogens is 1. The van der Waals surface area contributed by atoms with Crippen molar-refractivity contribution in [3.63, 3.8) is 0 Å². The van der Waals surface area contributed by atoms with Crippen LogP contribution in [-0.2, 0) is 4.79 Å². The third-order valence-corrected chi connectivity index (χ3v) is 4.41. The van der Waals surface area contributed by atoms with Gasteiger partial charge in [0, 0.05) is 27.6 Å². The van der Waals surface area contributed by atoms with Crippen LogP contribution in [0, 0.1) is 6.92 Å². The quantitative estimate of drug-likeness (QED) is 0.494. The van der Waals surface area contributed by atoms with Gasteiger partial charge in [0.2, 0.25) is 6.41 Å². The minimum atomic E-state index is 0.651. The minimum Gasteiger partial charge on any atom is -0.280 e. The topological polar surface area (TPSA) is 34.9 Å². The fraction of sp³-hybridized carbons (Fsp3) is 0.0526. The molecule has 0 saturated carbocycles. The van der Waals surface area contributed by atoms with Crippen molar-refractivity contribution in [2.24, 2.45) is 0 Å². The second-order valence-corrected chi connectivity index (χ2v) is 5.94. The number of hydrogen-bond acceptors (Lipinski definition) is 2. The van der Waals surface area contributed by atoms with Gasteiger partial charge in [0.15, 0.2) is 0 Å². The number of carbonyl (C=O) groups is 1. The van der Waals surface area contributed by atoms with E-state index in [9.17, 15) is 4.79 Å². The Bertz CT molecular complexity index is 1070. The summed E-state index contributed by atoms with van der Waals surface area (Å²) >= 11 is 6.17. The maximum atomic E-state index is 11.7. The van der Waals surface area contributed by atoms with Crippen molar-refractivity contribution in [3.05, 3.63) is 65.3 Å². The van der Waals surface area contributed by atoms with Crippen molar-refractivity contribution >= 4 is 39.8 Å². The number of benzene rings is 2. The highest BCUT2D eigenvalue weighted by molar-refractivity contribution is 6.31. The van der Waals surface area contributed by atoms with Gasteiger partial charge in [-0.15, -0.1) is 0 Å². The van der Waals surface area contributed by atoms with Gasteiger partial charge in [-0.3, -0.25) is 14.3 Å². The molecule has 4 heteroatoms. The lowest BCUT2D eigenvalue weighted by Gasteiger charge is -2.08. The molecule has 2 heterocycles. The van der Waals surface area contributed by atoms with E-state index in [1.165, 1.54) is 0 Å². The maximum absolute atomic E-state index is 11.7. The summed E-state index contributed by atoms with van der Waals surface area (Å²) in [5, 5.41) is 2.70. The van der Waals surface area contributed by atoms with Crippen molar-refractivity contribution in [1.82, 2.24) is 9.55 Å². The van der Waals surface area contributed by atoms with Crippen LogP contribution in [0.5, 0.6) is 0 Å². The van der Waals surface area contributed by atoms with E-state index in [0.29, 0.717) is 5.02 Å². The van der Waals surface area contributed by atoms with Gasteiger partial charge in [-0.05, 0) is 36.8 Å². The number of nitrogens with zero attached hydrogens (tertiary/aromatic N) is 2. The van der Waals surface area contributed by atoms with E-state index < -0.39 is 0 Å². The van der Waals surface area contributed by atoms with Gasteiger partial charge in [-0.1, -0.05) is 35.9 Å². The highest BCUT2D eigenvalue weighted by Crippen LogP contribution is 2.35. The highest BCUT2D eigenvalue weighted by Gasteiger charge is 2.16. The number of aryl methyl sites for hydroxylation is 1. The molecule has 0 aliphatic rings. The molecule has 2 aromatic carbocycles. The van der Waals surface area contributed by atoms with Crippen LogP contribution in [0.3, 0.4) is 0 Å². The second kappa shape index (κ2) is 5.21. The minimum absolute atomic E-state index is 0.651. The molecule has 0 N–H and O–H groups in total. The third-order valence-electron chi connectivity index (χ3n) is 4.18. The van der Waals surface area contributed by atoms with E-state index in [2.05, 4.69) is 4.98 Å². The molecule has 3 nitrogen and oxygen atoms in total. The molecule has 0 unspecified atom stereocenters. The first-order valence-corrected chi connectivity index (χ1v) is 7.68. The zero-order valence-corrected chi connectivity index (χ0v) is 13.2. The SMILES string of the molecule is Cc1ccc(Cl)cc1-c1nccc2c3ccccc3n(C=O)c12. The summed E-state index contributed by atoms with van der Waals surface area (Å²) < 4.78 is 1.66. The normalized spacial score (nSPS) is 11.2. The predicted molar refractivity (Wildman–Crippen MR) is 94.6 cm³/mol. The molecule has 0 aliphatic heterocycles. The molecule has 4 aromatic rings. The maximum Gasteiger partial charge on any atom is 0.218 e. The van der Waals surface area contributed by atoms with Crippen molar-refractivity contribution < 1.29 is 4.79 Å². The number of hydrogen-bond donors (Lipinski definition) is 0. The monoisotopic (exact) mass is 320 g/mol. The number of aromatic nitrogens is 2. The Morgan fingerprint density at radius 2 is 1.91 bits per heavy atom. The third kappa shape index (κ3) is 2.05. The van der Waals surface area contributed by atoms with Crippen LogP contribution in [0.1, 0.15) is 5.56 Å². The lowest BCUT2D eigenvalue weighted by molar-refractivity contribution is 0.550. The number of fused-ring (bicyclic) bond motifs is 3. The molecular formula is C19H13ClN2O. The Morgan fingerprint density at radius 3 is 2.74 bits per heavy atom. The zero-order valence-electron chi connectivity index (χ0n) is 12.5. The molecule has 4 rings (SSSR count). The molecular weight excluding hydrogens is 308 g/mol. The average molecular weight is 321 g/mol. The van der Waals surface area contributed by atoms with Gasteiger partial charge in [-0.2, -0.15) is 0 Å². The van der Waals surface area contributed by atoms with Crippen molar-refractivity contribution in [2.45, 2.75) is 6.92 Å². The summed E-state index contributed by atoms with van der Waals surface area (Å²) in [6.45, 7) is 2.01. The van der Waals surface area contributed by atoms with Gasteiger partial charge < -0.3 is 0 Å². The molecule has 0 radical (unpaired) electrons. The Balaban J connectivity index is 2.21. The fourth-order valence-corrected chi connectivity index (χ4v) is 3.28. The van der Waals surface area contributed by atoms with E-state index in [1.807, 2.05) is 55.5 Å². The molecule has 0 saturated heterocycles. The number of pyridine rings is 1. The summed E-state index contributed by atoms with van der Waals surface area (Å²) in [5.41, 5.74) is 4.47. The first kappa shape index (κ1) is 14.0. The Hall–Kier alpha value is -2.65. The van der Waals surface area contributed by atoms with Crippen LogP contribution in [0.15, 0.2) is 54.7 Å². The molecule has 0 aliphatic carbocycles. The van der Waals surface area contributed by atoms with Gasteiger partial charge in [0.25, 0.3) is 0 Å². The zero-order chi connectivity index (χ0) is 16.0. The van der Waals surface area contributed by atoms with Crippen LogP contribution in [0.4, 0.5) is 0 Å². The highest BCUT2D eigenvalue weighted by atomic mass is 35.5. The Morgan fingerprint density at radius 1 is 1.09 bits per heavy atom. The largest absolute Gasteiger partial charge is 0.280 e. The smallest absolute Gasteiger partial charge is 0.218 e. The fourth-order valence-electron chi connectivity index (χ4n) is 3.10. The molecule has 0 amide bonds. The molecule has 23 heavy (non-hydrogen) atoms. The first-order valence-electron chi connectivity index (χ1n) is 7.30. The number of para-hydroxylation sites is 1. The molecule has 112 valence electrons. The lowest BCUT2D eigenvalue weighted by atomic mass is 10.0. The van der Waals surface area contributed by atoms with E-state index in [4.69, 9.17) is 11.6 Å².